The van der Waals surface area contributed by atoms with Gasteiger partial charge in [0, 0.05) is 13.3 Å². The largest absolute Gasteiger partial charge is 0.448 e. The molecule has 0 fully saturated rings. The second-order valence-corrected chi connectivity index (χ2v) is 5.51. The normalized spacial score (nSPS) is 13.6. The van der Waals surface area contributed by atoms with E-state index in [1.165, 1.54) is 18.8 Å². The van der Waals surface area contributed by atoms with Crippen LogP contribution in [0, 0.1) is 5.92 Å². The number of Topliss-reactive ketones (excluding diaryl/α,β-unsaturated/α-hetero) is 1. The molecular weight excluding hydrogens is 262 g/mol. The Morgan fingerprint density at radius 3 is 2.76 bits per heavy atom. The number of carbonyl (C=O) groups excluding carboxylic acids is 1. The van der Waals surface area contributed by atoms with E-state index in [9.17, 15) is 4.79 Å². The minimum absolute atomic E-state index is 0.0785. The van der Waals surface area contributed by atoms with Gasteiger partial charge in [-0.25, -0.2) is 4.98 Å². The Balaban J connectivity index is 2.52. The fourth-order valence-electron chi connectivity index (χ4n) is 2.16. The van der Waals surface area contributed by atoms with E-state index in [1.54, 1.807) is 0 Å². The van der Waals surface area contributed by atoms with Gasteiger partial charge in [-0.05, 0) is 25.7 Å². The van der Waals surface area contributed by atoms with Crippen LogP contribution in [-0.4, -0.2) is 10.8 Å². The second-order valence-electron chi connectivity index (χ2n) is 5.51. The zero-order valence-corrected chi connectivity index (χ0v) is 13.5. The Bertz CT molecular complexity index is 549. The van der Waals surface area contributed by atoms with Gasteiger partial charge in [0.15, 0.2) is 11.7 Å². The van der Waals surface area contributed by atoms with E-state index in [-0.39, 0.29) is 5.78 Å². The second kappa shape index (κ2) is 8.40. The van der Waals surface area contributed by atoms with Gasteiger partial charge in [0.2, 0.25) is 0 Å². The van der Waals surface area contributed by atoms with Crippen LogP contribution in [0.25, 0.3) is 0 Å². The van der Waals surface area contributed by atoms with Gasteiger partial charge in [-0.2, -0.15) is 0 Å². The minimum Gasteiger partial charge on any atom is -0.448 e. The Labute approximate surface area is 127 Å². The predicted molar refractivity (Wildman–Crippen MR) is 86.3 cm³/mol. The fraction of sp³-hybridized carbons (Fsp3) is 0.444. The van der Waals surface area contributed by atoms with Crippen LogP contribution in [0.3, 0.4) is 0 Å². The van der Waals surface area contributed by atoms with Crippen LogP contribution in [0.1, 0.15) is 56.9 Å². The van der Waals surface area contributed by atoms with E-state index in [1.807, 2.05) is 0 Å². The van der Waals surface area contributed by atoms with Crippen molar-refractivity contribution in [2.75, 3.05) is 0 Å². The number of rotatable bonds is 8. The van der Waals surface area contributed by atoms with Crippen LogP contribution in [0.15, 0.2) is 46.6 Å². The summed E-state index contributed by atoms with van der Waals surface area (Å²) >= 11 is 0. The molecule has 0 radical (unpaired) electrons. The van der Waals surface area contributed by atoms with Crippen molar-refractivity contribution in [3.63, 3.8) is 0 Å². The number of allylic oxidation sites excluding steroid dienone is 5. The molecule has 1 aromatic heterocycles. The Hall–Kier alpha value is -1.90. The molecule has 0 spiro atoms. The van der Waals surface area contributed by atoms with Gasteiger partial charge in [-0.1, -0.05) is 49.8 Å². The third-order valence-electron chi connectivity index (χ3n) is 3.09. The molecule has 0 unspecified atom stereocenters. The number of aromatic nitrogens is 1. The first kappa shape index (κ1) is 17.2. The molecular formula is C18H25NO2. The summed E-state index contributed by atoms with van der Waals surface area (Å²) in [5.74, 6) is 0.899. The van der Waals surface area contributed by atoms with Crippen molar-refractivity contribution in [3.05, 3.63) is 53.8 Å². The van der Waals surface area contributed by atoms with Crippen molar-refractivity contribution in [2.45, 2.75) is 47.0 Å². The summed E-state index contributed by atoms with van der Waals surface area (Å²) in [7, 11) is 0. The Kier molecular flexibility index (Phi) is 6.86. The van der Waals surface area contributed by atoms with Gasteiger partial charge in [0.05, 0.1) is 0 Å². The highest BCUT2D eigenvalue weighted by Crippen LogP contribution is 2.17. The zero-order valence-electron chi connectivity index (χ0n) is 13.5. The Morgan fingerprint density at radius 1 is 1.48 bits per heavy atom. The molecule has 1 atom stereocenters. The SMILES string of the molecule is C=C(Cc1nc(C(C)=O)co1)C[C@H](C)/C=C(C)/C=C/CC. The van der Waals surface area contributed by atoms with Gasteiger partial charge < -0.3 is 4.42 Å². The monoisotopic (exact) mass is 287 g/mol. The molecule has 0 aromatic carbocycles. The number of hydrogen-bond donors (Lipinski definition) is 0. The van der Waals surface area contributed by atoms with Gasteiger partial charge in [-0.15, -0.1) is 0 Å². The molecule has 0 aliphatic rings. The molecule has 0 aliphatic heterocycles. The quantitative estimate of drug-likeness (QED) is 0.387. The third-order valence-corrected chi connectivity index (χ3v) is 3.09. The number of carbonyl (C=O) groups is 1. The van der Waals surface area contributed by atoms with Crippen LogP contribution >= 0.6 is 0 Å². The average molecular weight is 287 g/mol. The molecule has 0 N–H and O–H groups in total. The summed E-state index contributed by atoms with van der Waals surface area (Å²) in [5.41, 5.74) is 2.71. The van der Waals surface area contributed by atoms with Crippen LogP contribution in [0.4, 0.5) is 0 Å². The van der Waals surface area contributed by atoms with E-state index < -0.39 is 0 Å². The minimum atomic E-state index is -0.0785. The van der Waals surface area contributed by atoms with Gasteiger partial charge in [0.1, 0.15) is 12.0 Å². The maximum atomic E-state index is 11.2. The summed E-state index contributed by atoms with van der Waals surface area (Å²) in [6, 6.07) is 0. The first-order chi connectivity index (χ1) is 9.92. The molecule has 0 saturated heterocycles. The lowest BCUT2D eigenvalue weighted by molar-refractivity contribution is 0.101. The number of ketones is 1. The molecule has 0 saturated carbocycles. The van der Waals surface area contributed by atoms with Crippen molar-refractivity contribution >= 4 is 5.78 Å². The highest BCUT2D eigenvalue weighted by molar-refractivity contribution is 5.91. The molecule has 3 nitrogen and oxygen atoms in total. The maximum Gasteiger partial charge on any atom is 0.198 e. The maximum absolute atomic E-state index is 11.2. The van der Waals surface area contributed by atoms with E-state index in [0.29, 0.717) is 23.9 Å². The van der Waals surface area contributed by atoms with Crippen molar-refractivity contribution in [1.29, 1.82) is 0 Å². The van der Waals surface area contributed by atoms with Crippen molar-refractivity contribution < 1.29 is 9.21 Å². The summed E-state index contributed by atoms with van der Waals surface area (Å²) < 4.78 is 5.29. The summed E-state index contributed by atoms with van der Waals surface area (Å²) in [6.45, 7) is 12.0. The van der Waals surface area contributed by atoms with E-state index in [2.05, 4.69) is 50.6 Å². The fourth-order valence-corrected chi connectivity index (χ4v) is 2.16. The summed E-state index contributed by atoms with van der Waals surface area (Å²) in [5, 5.41) is 0. The molecule has 1 heterocycles. The van der Waals surface area contributed by atoms with Crippen LogP contribution in [0.5, 0.6) is 0 Å². The molecule has 1 aromatic rings. The van der Waals surface area contributed by atoms with Crippen LogP contribution in [0.2, 0.25) is 0 Å². The summed E-state index contributed by atoms with van der Waals surface area (Å²) in [6.07, 6.45) is 10.5. The smallest absolute Gasteiger partial charge is 0.198 e. The van der Waals surface area contributed by atoms with E-state index in [0.717, 1.165) is 18.4 Å². The predicted octanol–water partition coefficient (Wildman–Crippen LogP) is 4.91. The van der Waals surface area contributed by atoms with E-state index in [4.69, 9.17) is 4.42 Å². The first-order valence-corrected chi connectivity index (χ1v) is 7.39. The highest BCUT2D eigenvalue weighted by Gasteiger charge is 2.10. The molecule has 1 rings (SSSR count). The molecule has 21 heavy (non-hydrogen) atoms. The van der Waals surface area contributed by atoms with Gasteiger partial charge >= 0.3 is 0 Å². The molecule has 0 aliphatic carbocycles. The van der Waals surface area contributed by atoms with Gasteiger partial charge in [0.25, 0.3) is 0 Å². The molecule has 3 heteroatoms. The van der Waals surface area contributed by atoms with E-state index >= 15 is 0 Å². The molecule has 0 amide bonds. The van der Waals surface area contributed by atoms with Crippen molar-refractivity contribution in [3.8, 4) is 0 Å². The first-order valence-electron chi connectivity index (χ1n) is 7.39. The molecule has 0 bridgehead atoms. The Morgan fingerprint density at radius 2 is 2.19 bits per heavy atom. The summed E-state index contributed by atoms with van der Waals surface area (Å²) in [4.78, 5) is 15.3. The van der Waals surface area contributed by atoms with Crippen LogP contribution in [-0.2, 0) is 6.42 Å². The lowest BCUT2D eigenvalue weighted by atomic mass is 9.98. The molecule has 114 valence electrons. The van der Waals surface area contributed by atoms with Crippen molar-refractivity contribution in [1.82, 2.24) is 4.98 Å². The third kappa shape index (κ3) is 6.39. The number of oxazole rings is 1. The number of hydrogen-bond acceptors (Lipinski definition) is 3. The van der Waals surface area contributed by atoms with Crippen molar-refractivity contribution in [2.24, 2.45) is 5.92 Å². The van der Waals surface area contributed by atoms with Crippen LogP contribution < -0.4 is 0 Å². The number of nitrogens with zero attached hydrogens (tertiary/aromatic N) is 1. The average Bonchev–Trinajstić information content (AvgIpc) is 2.84. The standard InChI is InChI=1S/C18H25NO2/c1-6-7-8-13(2)9-14(3)10-15(4)11-18-19-17(12-21-18)16(5)20/h7-9,12,14H,4,6,10-11H2,1-3,5H3/b8-7+,13-9+/t14-/m1/s1. The topological polar surface area (TPSA) is 43.1 Å². The lowest BCUT2D eigenvalue weighted by Crippen LogP contribution is -1.98. The highest BCUT2D eigenvalue weighted by atomic mass is 16.3. The lowest BCUT2D eigenvalue weighted by Gasteiger charge is -2.09. The zero-order chi connectivity index (χ0) is 15.8. The van der Waals surface area contributed by atoms with Gasteiger partial charge in [-0.3, -0.25) is 4.79 Å².